The minimum atomic E-state index is -4.00. The molecule has 3 aromatic carbocycles. The van der Waals surface area contributed by atoms with Gasteiger partial charge in [0.15, 0.2) is 0 Å². The van der Waals surface area contributed by atoms with Crippen molar-refractivity contribution in [2.75, 3.05) is 24.6 Å². The van der Waals surface area contributed by atoms with Crippen molar-refractivity contribution >= 4 is 27.8 Å². The Labute approximate surface area is 199 Å². The fourth-order valence-corrected chi connectivity index (χ4v) is 4.38. The number of hydrogen-bond donors (Lipinski definition) is 1. The van der Waals surface area contributed by atoms with E-state index in [0.717, 1.165) is 9.87 Å². The van der Waals surface area contributed by atoms with E-state index in [1.165, 1.54) is 25.5 Å². The van der Waals surface area contributed by atoms with Gasteiger partial charge in [0, 0.05) is 0 Å². The number of sulfonamides is 1. The average Bonchev–Trinajstić information content (AvgIpc) is 2.87. The molecular weight excluding hydrogens is 454 g/mol. The van der Waals surface area contributed by atoms with Crippen LogP contribution in [0.15, 0.2) is 102 Å². The fraction of sp³-hybridized carbons (Fsp3) is 0.120. The van der Waals surface area contributed by atoms with E-state index < -0.39 is 22.5 Å². The Hall–Kier alpha value is -4.11. The normalized spacial score (nSPS) is 11.1. The third-order valence-corrected chi connectivity index (χ3v) is 6.42. The topological polar surface area (TPSA) is 97.3 Å². The molecule has 0 unspecified atom stereocenters. The van der Waals surface area contributed by atoms with E-state index in [9.17, 15) is 13.2 Å². The number of anilines is 1. The van der Waals surface area contributed by atoms with Gasteiger partial charge >= 0.3 is 0 Å². The van der Waals surface area contributed by atoms with Gasteiger partial charge in [-0.15, -0.1) is 0 Å². The average molecular weight is 480 g/mol. The minimum Gasteiger partial charge on any atom is -0.497 e. The predicted octanol–water partition coefficient (Wildman–Crippen LogP) is 3.61. The number of carbonyl (C=O) groups excluding carboxylic acids is 1. The second-order valence-electron chi connectivity index (χ2n) is 6.98. The lowest BCUT2D eigenvalue weighted by Gasteiger charge is -2.23. The molecular formula is C25H25N3O5S. The van der Waals surface area contributed by atoms with Crippen LogP contribution in [0.1, 0.15) is 5.56 Å². The summed E-state index contributed by atoms with van der Waals surface area (Å²) >= 11 is 0. The summed E-state index contributed by atoms with van der Waals surface area (Å²) in [6.07, 6.45) is 3.11. The van der Waals surface area contributed by atoms with Crippen LogP contribution in [0.4, 0.5) is 5.69 Å². The van der Waals surface area contributed by atoms with Crippen LogP contribution in [0.5, 0.6) is 11.5 Å². The number of rotatable bonds is 11. The standard InChI is InChI=1S/C25H25N3O5S/c1-3-17-33-23-13-9-20(10-14-23)18-26-27-25(29)19-28(21-11-15-22(32-2)16-12-21)34(30,31)24-7-5-4-6-8-24/h3-16,18H,1,17,19H2,2H3,(H,27,29)/b26-18-. The lowest BCUT2D eigenvalue weighted by Crippen LogP contribution is -2.39. The van der Waals surface area contributed by atoms with Crippen LogP contribution in [0, 0.1) is 0 Å². The van der Waals surface area contributed by atoms with E-state index in [0.29, 0.717) is 23.8 Å². The fourth-order valence-electron chi connectivity index (χ4n) is 2.93. The molecule has 176 valence electrons. The molecule has 0 bridgehead atoms. The number of methoxy groups -OCH3 is 1. The van der Waals surface area contributed by atoms with Crippen molar-refractivity contribution in [1.29, 1.82) is 0 Å². The highest BCUT2D eigenvalue weighted by atomic mass is 32.2. The van der Waals surface area contributed by atoms with Crippen molar-refractivity contribution in [2.45, 2.75) is 4.90 Å². The second-order valence-corrected chi connectivity index (χ2v) is 8.85. The summed E-state index contributed by atoms with van der Waals surface area (Å²) in [4.78, 5) is 12.7. The summed E-state index contributed by atoms with van der Waals surface area (Å²) in [5.41, 5.74) is 3.43. The Bertz CT molecular complexity index is 1230. The maximum atomic E-state index is 13.3. The Kier molecular flexibility index (Phi) is 8.42. The third kappa shape index (κ3) is 6.46. The molecule has 0 aliphatic rings. The van der Waals surface area contributed by atoms with Crippen molar-refractivity contribution in [1.82, 2.24) is 5.43 Å². The number of hydrogen-bond acceptors (Lipinski definition) is 6. The van der Waals surface area contributed by atoms with E-state index in [1.54, 1.807) is 72.8 Å². The van der Waals surface area contributed by atoms with Crippen LogP contribution in [-0.4, -0.2) is 40.8 Å². The van der Waals surface area contributed by atoms with Gasteiger partial charge < -0.3 is 9.47 Å². The monoisotopic (exact) mass is 479 g/mol. The van der Waals surface area contributed by atoms with Crippen LogP contribution in [-0.2, 0) is 14.8 Å². The zero-order chi connectivity index (χ0) is 24.4. The maximum Gasteiger partial charge on any atom is 0.264 e. The molecule has 0 aromatic heterocycles. The van der Waals surface area contributed by atoms with Gasteiger partial charge in [-0.05, 0) is 66.2 Å². The zero-order valence-corrected chi connectivity index (χ0v) is 19.4. The highest BCUT2D eigenvalue weighted by Crippen LogP contribution is 2.25. The largest absolute Gasteiger partial charge is 0.497 e. The predicted molar refractivity (Wildman–Crippen MR) is 132 cm³/mol. The van der Waals surface area contributed by atoms with Gasteiger partial charge in [-0.2, -0.15) is 5.10 Å². The minimum absolute atomic E-state index is 0.0703. The number of nitrogens with zero attached hydrogens (tertiary/aromatic N) is 2. The van der Waals surface area contributed by atoms with Gasteiger partial charge in [0.1, 0.15) is 24.7 Å². The molecule has 3 rings (SSSR count). The van der Waals surface area contributed by atoms with Crippen molar-refractivity contribution in [3.8, 4) is 11.5 Å². The van der Waals surface area contributed by atoms with Gasteiger partial charge in [0.05, 0.1) is 23.9 Å². The first-order valence-corrected chi connectivity index (χ1v) is 11.8. The molecule has 9 heteroatoms. The summed E-state index contributed by atoms with van der Waals surface area (Å²) in [6.45, 7) is 3.54. The molecule has 0 heterocycles. The zero-order valence-electron chi connectivity index (χ0n) is 18.6. The van der Waals surface area contributed by atoms with Crippen molar-refractivity contribution in [3.05, 3.63) is 97.1 Å². The molecule has 0 atom stereocenters. The number of ether oxygens (including phenoxy) is 2. The highest BCUT2D eigenvalue weighted by Gasteiger charge is 2.27. The molecule has 8 nitrogen and oxygen atoms in total. The summed E-state index contributed by atoms with van der Waals surface area (Å²) in [5.74, 6) is 0.649. The first-order chi connectivity index (χ1) is 16.4. The number of benzene rings is 3. The Balaban J connectivity index is 1.74. The van der Waals surface area contributed by atoms with E-state index in [1.807, 2.05) is 0 Å². The van der Waals surface area contributed by atoms with Gasteiger partial charge in [0.2, 0.25) is 0 Å². The molecule has 0 spiro atoms. The van der Waals surface area contributed by atoms with Crippen LogP contribution >= 0.6 is 0 Å². The van der Waals surface area contributed by atoms with Gasteiger partial charge in [-0.25, -0.2) is 13.8 Å². The van der Waals surface area contributed by atoms with E-state index in [-0.39, 0.29) is 4.90 Å². The number of nitrogens with one attached hydrogen (secondary N) is 1. The van der Waals surface area contributed by atoms with Crippen molar-refractivity contribution in [3.63, 3.8) is 0 Å². The van der Waals surface area contributed by atoms with Crippen LogP contribution in [0.25, 0.3) is 0 Å². The smallest absolute Gasteiger partial charge is 0.264 e. The molecule has 0 radical (unpaired) electrons. The Morgan fingerprint density at radius 2 is 1.65 bits per heavy atom. The molecule has 0 saturated heterocycles. The summed E-state index contributed by atoms with van der Waals surface area (Å²) in [7, 11) is -2.48. The summed E-state index contributed by atoms with van der Waals surface area (Å²) in [6, 6.07) is 21.4. The van der Waals surface area contributed by atoms with Crippen LogP contribution in [0.3, 0.4) is 0 Å². The summed E-state index contributed by atoms with van der Waals surface area (Å²) < 4.78 is 38.2. The number of hydrazone groups is 1. The molecule has 0 saturated carbocycles. The first-order valence-electron chi connectivity index (χ1n) is 10.3. The number of carbonyl (C=O) groups is 1. The lowest BCUT2D eigenvalue weighted by molar-refractivity contribution is -0.119. The SMILES string of the molecule is C=CCOc1ccc(/C=N\NC(=O)CN(c2ccc(OC)cc2)S(=O)(=O)c2ccccc2)cc1. The number of amides is 1. The Morgan fingerprint density at radius 3 is 2.26 bits per heavy atom. The second kappa shape index (κ2) is 11.7. The summed E-state index contributed by atoms with van der Waals surface area (Å²) in [5, 5.41) is 3.94. The lowest BCUT2D eigenvalue weighted by atomic mass is 10.2. The van der Waals surface area contributed by atoms with E-state index in [2.05, 4.69) is 17.1 Å². The van der Waals surface area contributed by atoms with Crippen molar-refractivity contribution < 1.29 is 22.7 Å². The highest BCUT2D eigenvalue weighted by molar-refractivity contribution is 7.92. The van der Waals surface area contributed by atoms with Crippen LogP contribution < -0.4 is 19.2 Å². The van der Waals surface area contributed by atoms with E-state index >= 15 is 0 Å². The Morgan fingerprint density at radius 1 is 1.00 bits per heavy atom. The molecule has 34 heavy (non-hydrogen) atoms. The van der Waals surface area contributed by atoms with E-state index in [4.69, 9.17) is 9.47 Å². The van der Waals surface area contributed by atoms with Gasteiger partial charge in [-0.1, -0.05) is 30.9 Å². The first kappa shape index (κ1) is 24.5. The molecule has 1 N–H and O–H groups in total. The maximum absolute atomic E-state index is 13.3. The van der Waals surface area contributed by atoms with Gasteiger partial charge in [0.25, 0.3) is 15.9 Å². The quantitative estimate of drug-likeness (QED) is 0.257. The third-order valence-electron chi connectivity index (χ3n) is 4.63. The molecule has 0 fully saturated rings. The van der Waals surface area contributed by atoms with Crippen molar-refractivity contribution in [2.24, 2.45) is 5.10 Å². The van der Waals surface area contributed by atoms with Crippen LogP contribution in [0.2, 0.25) is 0 Å². The molecule has 3 aromatic rings. The molecule has 1 amide bonds. The molecule has 0 aliphatic carbocycles. The molecule has 0 aliphatic heterocycles. The van der Waals surface area contributed by atoms with Gasteiger partial charge in [-0.3, -0.25) is 9.10 Å².